The number of rotatable bonds is 3. The number of fused-ring (bicyclic) bond motifs is 1. The molecule has 2 atom stereocenters. The van der Waals surface area contributed by atoms with E-state index in [0.29, 0.717) is 24.3 Å². The molecule has 0 N–H and O–H groups in total. The summed E-state index contributed by atoms with van der Waals surface area (Å²) in [5.41, 5.74) is 2.45. The maximum atomic E-state index is 12.7. The van der Waals surface area contributed by atoms with Gasteiger partial charge in [0.25, 0.3) is 0 Å². The first-order chi connectivity index (χ1) is 10.3. The van der Waals surface area contributed by atoms with Crippen LogP contribution in [0.15, 0.2) is 24.3 Å². The molecule has 2 heterocycles. The predicted octanol–water partition coefficient (Wildman–Crippen LogP) is 3.15. The van der Waals surface area contributed by atoms with Crippen molar-refractivity contribution in [1.82, 2.24) is 5.32 Å². The molecule has 1 radical (unpaired) electrons. The maximum absolute atomic E-state index is 12.7. The molecular formula is C18H25N2O. The molecule has 3 rings (SSSR count). The summed E-state index contributed by atoms with van der Waals surface area (Å²) in [7, 11) is 0. The molecule has 21 heavy (non-hydrogen) atoms. The molecule has 0 aliphatic carbocycles. The van der Waals surface area contributed by atoms with Crippen molar-refractivity contribution >= 4 is 11.6 Å². The quantitative estimate of drug-likeness (QED) is 0.840. The van der Waals surface area contributed by atoms with Crippen molar-refractivity contribution in [3.05, 3.63) is 29.8 Å². The van der Waals surface area contributed by atoms with Crippen molar-refractivity contribution in [3.63, 3.8) is 0 Å². The molecule has 0 spiro atoms. The maximum Gasteiger partial charge on any atom is 0.227 e. The summed E-state index contributed by atoms with van der Waals surface area (Å²) in [4.78, 5) is 14.7. The minimum atomic E-state index is 0.292. The minimum absolute atomic E-state index is 0.292. The highest BCUT2D eigenvalue weighted by molar-refractivity contribution is 5.95. The third kappa shape index (κ3) is 3.29. The summed E-state index contributed by atoms with van der Waals surface area (Å²) >= 11 is 0. The normalized spacial score (nSPS) is 25.5. The fourth-order valence-corrected chi connectivity index (χ4v) is 3.61. The van der Waals surface area contributed by atoms with Gasteiger partial charge in [-0.3, -0.25) is 4.79 Å². The average molecular weight is 285 g/mol. The number of nitrogens with zero attached hydrogens (tertiary/aromatic N) is 2. The molecule has 1 saturated heterocycles. The van der Waals surface area contributed by atoms with E-state index in [1.165, 1.54) is 18.4 Å². The Morgan fingerprint density at radius 1 is 1.33 bits per heavy atom. The number of carbonyl (C=O) groups is 1. The van der Waals surface area contributed by atoms with Gasteiger partial charge in [-0.2, -0.15) is 0 Å². The van der Waals surface area contributed by atoms with E-state index < -0.39 is 0 Å². The lowest BCUT2D eigenvalue weighted by Crippen LogP contribution is -2.42. The Morgan fingerprint density at radius 3 is 3.00 bits per heavy atom. The van der Waals surface area contributed by atoms with Gasteiger partial charge in [0.05, 0.1) is 0 Å². The van der Waals surface area contributed by atoms with E-state index >= 15 is 0 Å². The number of amides is 1. The van der Waals surface area contributed by atoms with Gasteiger partial charge in [0.2, 0.25) is 5.91 Å². The van der Waals surface area contributed by atoms with Gasteiger partial charge in [0.15, 0.2) is 0 Å². The van der Waals surface area contributed by atoms with Crippen LogP contribution in [-0.4, -0.2) is 25.0 Å². The lowest BCUT2D eigenvalue weighted by Gasteiger charge is -2.35. The van der Waals surface area contributed by atoms with Crippen LogP contribution in [0.1, 0.15) is 44.6 Å². The molecule has 1 aromatic carbocycles. The summed E-state index contributed by atoms with van der Waals surface area (Å²) in [6, 6.07) is 8.68. The zero-order valence-corrected chi connectivity index (χ0v) is 12.9. The van der Waals surface area contributed by atoms with E-state index in [0.717, 1.165) is 38.0 Å². The van der Waals surface area contributed by atoms with Crippen LogP contribution in [0.4, 0.5) is 5.69 Å². The third-order valence-corrected chi connectivity index (χ3v) is 4.87. The number of hydrogen-bond acceptors (Lipinski definition) is 1. The SMILES string of the molecule is CC1CCc2ccccc2N1C(=O)CCC1CCC[N]C1. The van der Waals surface area contributed by atoms with E-state index in [-0.39, 0.29) is 0 Å². The van der Waals surface area contributed by atoms with E-state index in [2.05, 4.69) is 30.4 Å². The van der Waals surface area contributed by atoms with Crippen molar-refractivity contribution in [2.24, 2.45) is 5.92 Å². The number of hydrogen-bond donors (Lipinski definition) is 0. The first kappa shape index (κ1) is 14.6. The summed E-state index contributed by atoms with van der Waals surface area (Å²) in [5, 5.41) is 4.47. The highest BCUT2D eigenvalue weighted by Crippen LogP contribution is 2.31. The van der Waals surface area contributed by atoms with Crippen molar-refractivity contribution in [1.29, 1.82) is 0 Å². The Balaban J connectivity index is 1.66. The molecule has 3 heteroatoms. The van der Waals surface area contributed by atoms with Crippen LogP contribution in [0.2, 0.25) is 0 Å². The Morgan fingerprint density at radius 2 is 2.19 bits per heavy atom. The standard InChI is InChI=1S/C18H25N2O/c1-14-8-10-16-6-2-3-7-17(16)20(14)18(21)11-9-15-5-4-12-19-13-15/h2-3,6-7,14-15H,4-5,8-13H2,1H3. The molecule has 3 nitrogen and oxygen atoms in total. The topological polar surface area (TPSA) is 34.4 Å². The first-order valence-corrected chi connectivity index (χ1v) is 8.29. The van der Waals surface area contributed by atoms with Gasteiger partial charge in [0, 0.05) is 31.2 Å². The van der Waals surface area contributed by atoms with Gasteiger partial charge in [0.1, 0.15) is 0 Å². The molecule has 1 fully saturated rings. The summed E-state index contributed by atoms with van der Waals surface area (Å²) < 4.78 is 0. The highest BCUT2D eigenvalue weighted by atomic mass is 16.2. The Bertz CT molecular complexity index is 494. The second-order valence-corrected chi connectivity index (χ2v) is 6.46. The summed E-state index contributed by atoms with van der Waals surface area (Å²) in [5.74, 6) is 0.915. The third-order valence-electron chi connectivity index (χ3n) is 4.87. The smallest absolute Gasteiger partial charge is 0.227 e. The predicted molar refractivity (Wildman–Crippen MR) is 85.5 cm³/mol. The van der Waals surface area contributed by atoms with Crippen LogP contribution in [-0.2, 0) is 11.2 Å². The fraction of sp³-hybridized carbons (Fsp3) is 0.611. The second-order valence-electron chi connectivity index (χ2n) is 6.46. The van der Waals surface area contributed by atoms with Crippen LogP contribution in [0.3, 0.4) is 0 Å². The molecule has 0 bridgehead atoms. The second kappa shape index (κ2) is 6.61. The van der Waals surface area contributed by atoms with Crippen LogP contribution < -0.4 is 10.2 Å². The zero-order chi connectivity index (χ0) is 14.7. The number of para-hydroxylation sites is 1. The first-order valence-electron chi connectivity index (χ1n) is 8.29. The lowest BCUT2D eigenvalue weighted by molar-refractivity contribution is -0.119. The van der Waals surface area contributed by atoms with E-state index in [1.54, 1.807) is 0 Å². The molecule has 0 saturated carbocycles. The number of aryl methyl sites for hydroxylation is 1. The Hall–Kier alpha value is -1.35. The Labute approximate surface area is 127 Å². The summed E-state index contributed by atoms with van der Waals surface area (Å²) in [6.45, 7) is 4.14. The molecule has 0 aromatic heterocycles. The fourth-order valence-electron chi connectivity index (χ4n) is 3.61. The van der Waals surface area contributed by atoms with Gasteiger partial charge in [-0.05, 0) is 56.6 Å². The van der Waals surface area contributed by atoms with Crippen molar-refractivity contribution < 1.29 is 4.79 Å². The zero-order valence-electron chi connectivity index (χ0n) is 12.9. The number of piperidine rings is 1. The monoisotopic (exact) mass is 285 g/mol. The van der Waals surface area contributed by atoms with Gasteiger partial charge >= 0.3 is 0 Å². The minimum Gasteiger partial charge on any atom is -0.309 e. The average Bonchev–Trinajstić information content (AvgIpc) is 2.53. The van der Waals surface area contributed by atoms with Crippen LogP contribution in [0, 0.1) is 5.92 Å². The summed E-state index contributed by atoms with van der Waals surface area (Å²) in [6.07, 6.45) is 6.25. The van der Waals surface area contributed by atoms with Crippen molar-refractivity contribution in [2.45, 2.75) is 51.5 Å². The van der Waals surface area contributed by atoms with E-state index in [4.69, 9.17) is 0 Å². The largest absolute Gasteiger partial charge is 0.309 e. The van der Waals surface area contributed by atoms with Gasteiger partial charge in [-0.25, -0.2) is 5.32 Å². The van der Waals surface area contributed by atoms with Crippen LogP contribution in [0.5, 0.6) is 0 Å². The highest BCUT2D eigenvalue weighted by Gasteiger charge is 2.28. The number of anilines is 1. The molecule has 113 valence electrons. The van der Waals surface area contributed by atoms with Crippen LogP contribution in [0.25, 0.3) is 0 Å². The van der Waals surface area contributed by atoms with Gasteiger partial charge in [-0.15, -0.1) is 0 Å². The molecule has 2 unspecified atom stereocenters. The lowest BCUT2D eigenvalue weighted by atomic mass is 9.93. The van der Waals surface area contributed by atoms with Crippen LogP contribution >= 0.6 is 0 Å². The molecule has 1 amide bonds. The molecular weight excluding hydrogens is 260 g/mol. The molecule has 1 aromatic rings. The molecule has 2 aliphatic heterocycles. The number of benzene rings is 1. The van der Waals surface area contributed by atoms with E-state index in [9.17, 15) is 4.79 Å². The van der Waals surface area contributed by atoms with Gasteiger partial charge < -0.3 is 4.90 Å². The van der Waals surface area contributed by atoms with Crippen molar-refractivity contribution in [2.75, 3.05) is 18.0 Å². The van der Waals surface area contributed by atoms with Crippen molar-refractivity contribution in [3.8, 4) is 0 Å². The van der Waals surface area contributed by atoms with Gasteiger partial charge in [-0.1, -0.05) is 18.2 Å². The molecule has 2 aliphatic rings. The van der Waals surface area contributed by atoms with E-state index in [1.807, 2.05) is 11.0 Å². The Kier molecular flexibility index (Phi) is 4.59. The number of carbonyl (C=O) groups excluding carboxylic acids is 1.